The molecule has 1 amide bonds. The Balaban J connectivity index is 1.70. The van der Waals surface area contributed by atoms with E-state index in [2.05, 4.69) is 23.7 Å². The fourth-order valence-corrected chi connectivity index (χ4v) is 4.42. The summed E-state index contributed by atoms with van der Waals surface area (Å²) < 4.78 is 5.26. The number of anilines is 1. The molecule has 160 valence electrons. The zero-order chi connectivity index (χ0) is 21.1. The summed E-state index contributed by atoms with van der Waals surface area (Å²) in [5.74, 6) is 2.98. The SMILES string of the molecule is COc1ccc(-c2ncc(C(=O)N3CCC(C)CC3)c(N3CCCCC3C)n2)cc1. The first-order valence-corrected chi connectivity index (χ1v) is 11.1. The topological polar surface area (TPSA) is 58.6 Å². The number of aromatic nitrogens is 2. The van der Waals surface area contributed by atoms with Crippen molar-refractivity contribution in [2.45, 2.75) is 52.0 Å². The summed E-state index contributed by atoms with van der Waals surface area (Å²) in [6, 6.07) is 8.12. The average molecular weight is 409 g/mol. The zero-order valence-corrected chi connectivity index (χ0v) is 18.3. The van der Waals surface area contributed by atoms with Gasteiger partial charge in [0.25, 0.3) is 5.91 Å². The second kappa shape index (κ2) is 9.02. The molecule has 0 spiro atoms. The summed E-state index contributed by atoms with van der Waals surface area (Å²) in [5.41, 5.74) is 1.56. The molecule has 1 unspecified atom stereocenters. The van der Waals surface area contributed by atoms with Gasteiger partial charge in [0.15, 0.2) is 5.82 Å². The molecular weight excluding hydrogens is 376 g/mol. The predicted octanol–water partition coefficient (Wildman–Crippen LogP) is 4.40. The molecule has 2 fully saturated rings. The molecule has 2 aliphatic rings. The number of carbonyl (C=O) groups is 1. The molecule has 2 aromatic rings. The highest BCUT2D eigenvalue weighted by molar-refractivity contribution is 5.99. The molecule has 0 aliphatic carbocycles. The van der Waals surface area contributed by atoms with Crippen LogP contribution in [0.25, 0.3) is 11.4 Å². The molecule has 1 aromatic carbocycles. The molecule has 6 nitrogen and oxygen atoms in total. The molecule has 4 rings (SSSR count). The third kappa shape index (κ3) is 4.27. The van der Waals surface area contributed by atoms with Gasteiger partial charge in [-0.25, -0.2) is 9.97 Å². The van der Waals surface area contributed by atoms with E-state index >= 15 is 0 Å². The Morgan fingerprint density at radius 3 is 2.43 bits per heavy atom. The highest BCUT2D eigenvalue weighted by Gasteiger charge is 2.29. The summed E-state index contributed by atoms with van der Waals surface area (Å²) in [6.07, 6.45) is 7.33. The Labute approximate surface area is 179 Å². The van der Waals surface area contributed by atoms with Gasteiger partial charge in [-0.05, 0) is 69.2 Å². The van der Waals surface area contributed by atoms with E-state index in [0.717, 1.165) is 62.4 Å². The van der Waals surface area contributed by atoms with Crippen molar-refractivity contribution >= 4 is 11.7 Å². The lowest BCUT2D eigenvalue weighted by molar-refractivity contribution is 0.0697. The Bertz CT molecular complexity index is 875. The van der Waals surface area contributed by atoms with Gasteiger partial charge in [0.05, 0.1) is 7.11 Å². The van der Waals surface area contributed by atoms with Crippen molar-refractivity contribution in [1.82, 2.24) is 14.9 Å². The summed E-state index contributed by atoms with van der Waals surface area (Å²) in [5, 5.41) is 0. The number of carbonyl (C=O) groups excluding carboxylic acids is 1. The van der Waals surface area contributed by atoms with Crippen LogP contribution in [0.1, 0.15) is 56.3 Å². The highest BCUT2D eigenvalue weighted by atomic mass is 16.5. The van der Waals surface area contributed by atoms with Crippen molar-refractivity contribution in [2.24, 2.45) is 5.92 Å². The van der Waals surface area contributed by atoms with Crippen LogP contribution in [0.5, 0.6) is 5.75 Å². The van der Waals surface area contributed by atoms with E-state index in [0.29, 0.717) is 23.3 Å². The smallest absolute Gasteiger partial charge is 0.259 e. The first kappa shape index (κ1) is 20.6. The second-order valence-electron chi connectivity index (χ2n) is 8.67. The van der Waals surface area contributed by atoms with E-state index in [9.17, 15) is 4.79 Å². The largest absolute Gasteiger partial charge is 0.497 e. The second-order valence-corrected chi connectivity index (χ2v) is 8.67. The number of hydrogen-bond acceptors (Lipinski definition) is 5. The maximum atomic E-state index is 13.4. The van der Waals surface area contributed by atoms with Crippen molar-refractivity contribution in [2.75, 3.05) is 31.6 Å². The van der Waals surface area contributed by atoms with Gasteiger partial charge in [0.2, 0.25) is 0 Å². The Hall–Kier alpha value is -2.63. The third-order valence-electron chi connectivity index (χ3n) is 6.49. The van der Waals surface area contributed by atoms with Crippen molar-refractivity contribution in [3.63, 3.8) is 0 Å². The Morgan fingerprint density at radius 2 is 1.77 bits per heavy atom. The number of amides is 1. The van der Waals surface area contributed by atoms with Crippen LogP contribution in [-0.4, -0.2) is 53.6 Å². The molecule has 2 saturated heterocycles. The van der Waals surface area contributed by atoms with Gasteiger partial charge in [0.1, 0.15) is 17.1 Å². The Kier molecular flexibility index (Phi) is 6.21. The number of nitrogens with zero attached hydrogens (tertiary/aromatic N) is 4. The van der Waals surface area contributed by atoms with Crippen LogP contribution in [0, 0.1) is 5.92 Å². The van der Waals surface area contributed by atoms with E-state index < -0.39 is 0 Å². The van der Waals surface area contributed by atoms with Crippen LogP contribution in [0.15, 0.2) is 30.5 Å². The van der Waals surface area contributed by atoms with Crippen molar-refractivity contribution in [1.29, 1.82) is 0 Å². The number of benzene rings is 1. The summed E-state index contributed by atoms with van der Waals surface area (Å²) in [6.45, 7) is 7.04. The highest BCUT2D eigenvalue weighted by Crippen LogP contribution is 2.30. The van der Waals surface area contributed by atoms with E-state index in [1.807, 2.05) is 29.2 Å². The van der Waals surface area contributed by atoms with Crippen LogP contribution in [0.4, 0.5) is 5.82 Å². The van der Waals surface area contributed by atoms with E-state index in [-0.39, 0.29) is 5.91 Å². The number of rotatable bonds is 4. The van der Waals surface area contributed by atoms with Gasteiger partial charge in [-0.1, -0.05) is 6.92 Å². The van der Waals surface area contributed by atoms with Crippen molar-refractivity contribution in [3.05, 3.63) is 36.0 Å². The van der Waals surface area contributed by atoms with Crippen molar-refractivity contribution in [3.8, 4) is 17.1 Å². The third-order valence-corrected chi connectivity index (χ3v) is 6.49. The van der Waals surface area contributed by atoms with Crippen LogP contribution < -0.4 is 9.64 Å². The molecule has 1 atom stereocenters. The molecule has 1 aromatic heterocycles. The van der Waals surface area contributed by atoms with Crippen LogP contribution in [0.2, 0.25) is 0 Å². The van der Waals surface area contributed by atoms with Crippen LogP contribution in [0.3, 0.4) is 0 Å². The monoisotopic (exact) mass is 408 g/mol. The zero-order valence-electron chi connectivity index (χ0n) is 18.3. The lowest BCUT2D eigenvalue weighted by Gasteiger charge is -2.36. The summed E-state index contributed by atoms with van der Waals surface area (Å²) in [7, 11) is 1.66. The maximum Gasteiger partial charge on any atom is 0.259 e. The van der Waals surface area contributed by atoms with Crippen LogP contribution in [-0.2, 0) is 0 Å². The molecule has 0 radical (unpaired) electrons. The first-order valence-electron chi connectivity index (χ1n) is 11.1. The molecule has 0 N–H and O–H groups in total. The number of hydrogen-bond donors (Lipinski definition) is 0. The van der Waals surface area contributed by atoms with Gasteiger partial charge < -0.3 is 14.5 Å². The molecular formula is C24H32N4O2. The summed E-state index contributed by atoms with van der Waals surface area (Å²) >= 11 is 0. The lowest BCUT2D eigenvalue weighted by Crippen LogP contribution is -2.42. The predicted molar refractivity (Wildman–Crippen MR) is 119 cm³/mol. The quantitative estimate of drug-likeness (QED) is 0.750. The van der Waals surface area contributed by atoms with E-state index in [1.165, 1.54) is 6.42 Å². The van der Waals surface area contributed by atoms with Crippen LogP contribution >= 0.6 is 0 Å². The fraction of sp³-hybridized carbons (Fsp3) is 0.542. The molecule has 0 bridgehead atoms. The lowest BCUT2D eigenvalue weighted by atomic mass is 9.98. The molecule has 3 heterocycles. The van der Waals surface area contributed by atoms with Gasteiger partial charge in [-0.15, -0.1) is 0 Å². The normalized spacial score (nSPS) is 20.3. The van der Waals surface area contributed by atoms with E-state index in [4.69, 9.17) is 9.72 Å². The van der Waals surface area contributed by atoms with Gasteiger partial charge in [-0.2, -0.15) is 0 Å². The van der Waals surface area contributed by atoms with Gasteiger partial charge in [0, 0.05) is 37.4 Å². The minimum Gasteiger partial charge on any atom is -0.497 e. The average Bonchev–Trinajstić information content (AvgIpc) is 2.79. The fourth-order valence-electron chi connectivity index (χ4n) is 4.42. The minimum absolute atomic E-state index is 0.0657. The van der Waals surface area contributed by atoms with E-state index in [1.54, 1.807) is 13.3 Å². The molecule has 30 heavy (non-hydrogen) atoms. The standard InChI is InChI=1S/C24H32N4O2/c1-17-11-14-27(15-12-17)24(29)21-16-25-22(19-7-9-20(30-3)10-8-19)26-23(21)28-13-5-4-6-18(28)2/h7-10,16-18H,4-6,11-15H2,1-3H3. The minimum atomic E-state index is 0.0657. The molecule has 2 aliphatic heterocycles. The molecule has 6 heteroatoms. The first-order chi connectivity index (χ1) is 14.6. The van der Waals surface area contributed by atoms with Gasteiger partial charge in [-0.3, -0.25) is 4.79 Å². The molecule has 0 saturated carbocycles. The van der Waals surface area contributed by atoms with Crippen molar-refractivity contribution < 1.29 is 9.53 Å². The number of ether oxygens (including phenoxy) is 1. The number of piperidine rings is 2. The Morgan fingerprint density at radius 1 is 1.03 bits per heavy atom. The summed E-state index contributed by atoms with van der Waals surface area (Å²) in [4.78, 5) is 27.2. The number of methoxy groups -OCH3 is 1. The number of likely N-dealkylation sites (tertiary alicyclic amines) is 1. The maximum absolute atomic E-state index is 13.4. The van der Waals surface area contributed by atoms with Gasteiger partial charge >= 0.3 is 0 Å².